The topological polar surface area (TPSA) is 108 Å². The molecule has 2 aromatic rings. The van der Waals surface area contributed by atoms with Gasteiger partial charge in [0.2, 0.25) is 0 Å². The molecular formula is C24H31N7O4. The van der Waals surface area contributed by atoms with E-state index in [9.17, 15) is 14.9 Å². The molecule has 35 heavy (non-hydrogen) atoms. The Hall–Kier alpha value is -3.31. The van der Waals surface area contributed by atoms with Crippen LogP contribution in [-0.4, -0.2) is 102 Å². The molecule has 1 unspecified atom stereocenters. The Balaban J connectivity index is 1.12. The van der Waals surface area contributed by atoms with Crippen molar-refractivity contribution >= 4 is 23.2 Å². The number of hydrogen-bond donors (Lipinski definition) is 0. The number of amides is 1. The number of aromatic nitrogens is 2. The summed E-state index contributed by atoms with van der Waals surface area (Å²) in [6.45, 7) is 7.91. The van der Waals surface area contributed by atoms with Gasteiger partial charge in [0.05, 0.1) is 11.0 Å². The summed E-state index contributed by atoms with van der Waals surface area (Å²) in [7, 11) is 0. The number of ether oxygens (including phenoxy) is 1. The van der Waals surface area contributed by atoms with Crippen molar-refractivity contribution in [3.63, 3.8) is 0 Å². The Morgan fingerprint density at radius 1 is 0.943 bits per heavy atom. The van der Waals surface area contributed by atoms with Gasteiger partial charge in [0.15, 0.2) is 11.6 Å². The lowest BCUT2D eigenvalue weighted by Crippen LogP contribution is -2.49. The van der Waals surface area contributed by atoms with E-state index in [0.29, 0.717) is 32.3 Å². The SMILES string of the molecule is O=C(c1ccccc1[N+](=O)[O-])N1CCN(c2ccc(N3CCN(CC4CCCO4)CC3)nn2)CC1. The quantitative estimate of drug-likeness (QED) is 0.449. The van der Waals surface area contributed by atoms with Crippen molar-refractivity contribution in [2.24, 2.45) is 0 Å². The maximum atomic E-state index is 12.9. The average molecular weight is 482 g/mol. The molecule has 1 aromatic heterocycles. The molecular weight excluding hydrogens is 450 g/mol. The first kappa shape index (κ1) is 23.4. The molecule has 11 heteroatoms. The monoisotopic (exact) mass is 481 g/mol. The van der Waals surface area contributed by atoms with Crippen molar-refractivity contribution in [3.05, 3.63) is 52.1 Å². The van der Waals surface area contributed by atoms with Crippen molar-refractivity contribution in [1.29, 1.82) is 0 Å². The second kappa shape index (κ2) is 10.5. The summed E-state index contributed by atoms with van der Waals surface area (Å²) in [6.07, 6.45) is 2.73. The summed E-state index contributed by atoms with van der Waals surface area (Å²) >= 11 is 0. The van der Waals surface area contributed by atoms with Gasteiger partial charge in [0, 0.05) is 71.6 Å². The average Bonchev–Trinajstić information content (AvgIpc) is 3.42. The summed E-state index contributed by atoms with van der Waals surface area (Å²) < 4.78 is 5.76. The molecule has 3 aliphatic rings. The van der Waals surface area contributed by atoms with Crippen molar-refractivity contribution in [1.82, 2.24) is 20.0 Å². The first-order chi connectivity index (χ1) is 17.1. The fourth-order valence-corrected chi connectivity index (χ4v) is 5.01. The van der Waals surface area contributed by atoms with Gasteiger partial charge in [-0.3, -0.25) is 19.8 Å². The highest BCUT2D eigenvalue weighted by Crippen LogP contribution is 2.22. The van der Waals surface area contributed by atoms with Crippen LogP contribution in [0.2, 0.25) is 0 Å². The van der Waals surface area contributed by atoms with Crippen LogP contribution < -0.4 is 9.80 Å². The van der Waals surface area contributed by atoms with Crippen LogP contribution in [0.25, 0.3) is 0 Å². The van der Waals surface area contributed by atoms with Gasteiger partial charge in [-0.25, -0.2) is 0 Å². The minimum absolute atomic E-state index is 0.131. The first-order valence-electron chi connectivity index (χ1n) is 12.3. The third kappa shape index (κ3) is 5.35. The second-order valence-electron chi connectivity index (χ2n) is 9.23. The number of benzene rings is 1. The van der Waals surface area contributed by atoms with Crippen LogP contribution in [0.5, 0.6) is 0 Å². The molecule has 5 rings (SSSR count). The molecule has 0 radical (unpaired) electrons. The van der Waals surface area contributed by atoms with Gasteiger partial charge in [-0.15, -0.1) is 10.2 Å². The van der Waals surface area contributed by atoms with Crippen LogP contribution in [0.15, 0.2) is 36.4 Å². The maximum absolute atomic E-state index is 12.9. The number of carbonyl (C=O) groups is 1. The first-order valence-corrected chi connectivity index (χ1v) is 12.3. The van der Waals surface area contributed by atoms with Gasteiger partial charge < -0.3 is 19.4 Å². The van der Waals surface area contributed by atoms with E-state index in [1.807, 2.05) is 12.1 Å². The molecule has 0 spiro atoms. The lowest BCUT2D eigenvalue weighted by molar-refractivity contribution is -0.385. The van der Waals surface area contributed by atoms with Gasteiger partial charge in [0.1, 0.15) is 5.56 Å². The van der Waals surface area contributed by atoms with Gasteiger partial charge in [-0.05, 0) is 31.0 Å². The van der Waals surface area contributed by atoms with Crippen LogP contribution in [0.1, 0.15) is 23.2 Å². The zero-order chi connectivity index (χ0) is 24.2. The number of anilines is 2. The van der Waals surface area contributed by atoms with E-state index < -0.39 is 4.92 Å². The number of para-hydroxylation sites is 1. The van der Waals surface area contributed by atoms with E-state index in [0.717, 1.165) is 51.0 Å². The van der Waals surface area contributed by atoms with Gasteiger partial charge in [-0.2, -0.15) is 0 Å². The fourth-order valence-electron chi connectivity index (χ4n) is 5.01. The molecule has 1 atom stereocenters. The number of rotatable bonds is 6. The third-order valence-corrected chi connectivity index (χ3v) is 7.04. The molecule has 3 fully saturated rings. The smallest absolute Gasteiger partial charge is 0.282 e. The molecule has 4 heterocycles. The lowest BCUT2D eigenvalue weighted by atomic mass is 10.1. The summed E-state index contributed by atoms with van der Waals surface area (Å²) in [5, 5.41) is 20.2. The third-order valence-electron chi connectivity index (χ3n) is 7.04. The van der Waals surface area contributed by atoms with Gasteiger partial charge >= 0.3 is 0 Å². The minimum Gasteiger partial charge on any atom is -0.377 e. The predicted molar refractivity (Wildman–Crippen MR) is 131 cm³/mol. The van der Waals surface area contributed by atoms with Crippen LogP contribution in [0.3, 0.4) is 0 Å². The molecule has 1 aromatic carbocycles. The number of nitro benzene ring substituents is 1. The number of nitrogens with zero attached hydrogens (tertiary/aromatic N) is 7. The number of hydrogen-bond acceptors (Lipinski definition) is 9. The van der Waals surface area contributed by atoms with Gasteiger partial charge in [0.25, 0.3) is 11.6 Å². The Morgan fingerprint density at radius 3 is 2.14 bits per heavy atom. The van der Waals surface area contributed by atoms with Crippen molar-refractivity contribution in [3.8, 4) is 0 Å². The molecule has 1 amide bonds. The van der Waals surface area contributed by atoms with Crippen molar-refractivity contribution < 1.29 is 14.5 Å². The summed E-state index contributed by atoms with van der Waals surface area (Å²) in [6, 6.07) is 10.1. The summed E-state index contributed by atoms with van der Waals surface area (Å²) in [5.41, 5.74) is -0.0277. The molecule has 11 nitrogen and oxygen atoms in total. The van der Waals surface area contributed by atoms with Crippen molar-refractivity contribution in [2.75, 3.05) is 75.3 Å². The highest BCUT2D eigenvalue weighted by atomic mass is 16.6. The molecule has 3 saturated heterocycles. The van der Waals surface area contributed by atoms with E-state index in [1.165, 1.54) is 25.0 Å². The number of carbonyl (C=O) groups excluding carboxylic acids is 1. The zero-order valence-electron chi connectivity index (χ0n) is 19.8. The molecule has 0 N–H and O–H groups in total. The highest BCUT2D eigenvalue weighted by molar-refractivity contribution is 5.98. The minimum atomic E-state index is -0.509. The van der Waals surface area contributed by atoms with E-state index in [4.69, 9.17) is 4.74 Å². The van der Waals surface area contributed by atoms with Crippen LogP contribution in [-0.2, 0) is 4.74 Å². The normalized spacial score (nSPS) is 21.4. The highest BCUT2D eigenvalue weighted by Gasteiger charge is 2.28. The lowest BCUT2D eigenvalue weighted by Gasteiger charge is -2.37. The Labute approximate surface area is 204 Å². The van der Waals surface area contributed by atoms with E-state index in [2.05, 4.69) is 24.9 Å². The van der Waals surface area contributed by atoms with Gasteiger partial charge in [-0.1, -0.05) is 12.1 Å². The standard InChI is InChI=1S/C24H31N7O4/c32-24(20-5-1-2-6-21(20)31(33)34)30-15-13-29(14-16-30)23-8-7-22(25-26-23)28-11-9-27(10-12-28)18-19-4-3-17-35-19/h1-2,5-8,19H,3-4,9-18H2. The second-order valence-corrected chi connectivity index (χ2v) is 9.23. The van der Waals surface area contributed by atoms with E-state index in [1.54, 1.807) is 17.0 Å². The van der Waals surface area contributed by atoms with Crippen molar-refractivity contribution in [2.45, 2.75) is 18.9 Å². The maximum Gasteiger partial charge on any atom is 0.282 e. The zero-order valence-corrected chi connectivity index (χ0v) is 19.8. The Kier molecular flexibility index (Phi) is 7.05. The molecule has 186 valence electrons. The number of nitro groups is 1. The summed E-state index contributed by atoms with van der Waals surface area (Å²) in [4.78, 5) is 32.1. The fraction of sp³-hybridized carbons (Fsp3) is 0.542. The largest absolute Gasteiger partial charge is 0.377 e. The Bertz CT molecular complexity index is 1030. The van der Waals surface area contributed by atoms with Crippen LogP contribution in [0.4, 0.5) is 17.3 Å². The van der Waals surface area contributed by atoms with E-state index in [-0.39, 0.29) is 17.2 Å². The molecule has 3 aliphatic heterocycles. The molecule has 0 aliphatic carbocycles. The van der Waals surface area contributed by atoms with Crippen LogP contribution in [0, 0.1) is 10.1 Å². The summed E-state index contributed by atoms with van der Waals surface area (Å²) in [5.74, 6) is 1.36. The number of piperazine rings is 2. The Morgan fingerprint density at radius 2 is 1.57 bits per heavy atom. The van der Waals surface area contributed by atoms with Crippen LogP contribution >= 0.6 is 0 Å². The molecule has 0 bridgehead atoms. The van der Waals surface area contributed by atoms with E-state index >= 15 is 0 Å². The molecule has 0 saturated carbocycles. The predicted octanol–water partition coefficient (Wildman–Crippen LogP) is 1.65.